The Bertz CT molecular complexity index is 382. The van der Waals surface area contributed by atoms with E-state index in [1.807, 2.05) is 6.92 Å². The summed E-state index contributed by atoms with van der Waals surface area (Å²) in [5.74, 6) is -0.862. The van der Waals surface area contributed by atoms with E-state index >= 15 is 0 Å². The third-order valence-corrected chi connectivity index (χ3v) is 2.67. The van der Waals surface area contributed by atoms with E-state index < -0.39 is 5.97 Å². The Morgan fingerprint density at radius 3 is 2.88 bits per heavy atom. The van der Waals surface area contributed by atoms with Crippen LogP contribution in [0.25, 0.3) is 0 Å². The summed E-state index contributed by atoms with van der Waals surface area (Å²) in [6.45, 7) is 4.42. The molecular formula is C11H15ClN2O2. The fourth-order valence-corrected chi connectivity index (χ4v) is 1.73. The van der Waals surface area contributed by atoms with Gasteiger partial charge in [-0.3, -0.25) is 9.78 Å². The number of nitrogens with zero attached hydrogens (tertiary/aromatic N) is 2. The molecule has 0 amide bonds. The van der Waals surface area contributed by atoms with Gasteiger partial charge in [0.1, 0.15) is 6.54 Å². The molecule has 1 aromatic heterocycles. The SMILES string of the molecule is CCCN(CC(=O)O)c1ccnc(C)c1Cl. The molecule has 4 nitrogen and oxygen atoms in total. The lowest BCUT2D eigenvalue weighted by Crippen LogP contribution is -2.30. The van der Waals surface area contributed by atoms with Crippen LogP contribution >= 0.6 is 11.6 Å². The molecule has 0 saturated carbocycles. The van der Waals surface area contributed by atoms with Gasteiger partial charge in [0.05, 0.1) is 16.4 Å². The Labute approximate surface area is 99.9 Å². The fourth-order valence-electron chi connectivity index (χ4n) is 1.50. The number of pyridine rings is 1. The van der Waals surface area contributed by atoms with Crippen LogP contribution in [0.3, 0.4) is 0 Å². The minimum atomic E-state index is -0.862. The van der Waals surface area contributed by atoms with E-state index in [-0.39, 0.29) is 6.54 Å². The van der Waals surface area contributed by atoms with Crippen LogP contribution in [0.4, 0.5) is 5.69 Å². The highest BCUT2D eigenvalue weighted by Gasteiger charge is 2.14. The molecule has 1 heterocycles. The highest BCUT2D eigenvalue weighted by atomic mass is 35.5. The Morgan fingerprint density at radius 1 is 1.62 bits per heavy atom. The second-order valence-corrected chi connectivity index (χ2v) is 3.92. The smallest absolute Gasteiger partial charge is 0.323 e. The first kappa shape index (κ1) is 12.8. The van der Waals surface area contributed by atoms with Gasteiger partial charge in [0, 0.05) is 12.7 Å². The van der Waals surface area contributed by atoms with Gasteiger partial charge in [-0.15, -0.1) is 0 Å². The van der Waals surface area contributed by atoms with E-state index in [0.717, 1.165) is 12.1 Å². The Balaban J connectivity index is 3.00. The summed E-state index contributed by atoms with van der Waals surface area (Å²) in [5, 5.41) is 9.36. The summed E-state index contributed by atoms with van der Waals surface area (Å²) in [6, 6.07) is 1.74. The lowest BCUT2D eigenvalue weighted by molar-refractivity contribution is -0.135. The lowest BCUT2D eigenvalue weighted by atomic mass is 10.2. The Morgan fingerprint density at radius 2 is 2.31 bits per heavy atom. The first-order chi connectivity index (χ1) is 7.56. The minimum absolute atomic E-state index is 0.0446. The molecule has 0 atom stereocenters. The highest BCUT2D eigenvalue weighted by Crippen LogP contribution is 2.27. The summed E-state index contributed by atoms with van der Waals surface area (Å²) < 4.78 is 0. The molecule has 5 heteroatoms. The van der Waals surface area contributed by atoms with E-state index in [2.05, 4.69) is 4.98 Å². The molecule has 0 fully saturated rings. The highest BCUT2D eigenvalue weighted by molar-refractivity contribution is 6.33. The predicted molar refractivity (Wildman–Crippen MR) is 64.1 cm³/mol. The molecule has 88 valence electrons. The van der Waals surface area contributed by atoms with Crippen molar-refractivity contribution in [1.29, 1.82) is 0 Å². The largest absolute Gasteiger partial charge is 0.480 e. The molecule has 0 aliphatic rings. The third kappa shape index (κ3) is 3.10. The molecular weight excluding hydrogens is 228 g/mol. The molecule has 0 saturated heterocycles. The van der Waals surface area contributed by atoms with E-state index in [9.17, 15) is 4.79 Å². The number of anilines is 1. The summed E-state index contributed by atoms with van der Waals surface area (Å²) in [7, 11) is 0. The number of carboxylic acid groups (broad SMARTS) is 1. The Kier molecular flexibility index (Phi) is 4.55. The minimum Gasteiger partial charge on any atom is -0.480 e. The van der Waals surface area contributed by atoms with Gasteiger partial charge in [0.2, 0.25) is 0 Å². The quantitative estimate of drug-likeness (QED) is 0.861. The lowest BCUT2D eigenvalue weighted by Gasteiger charge is -2.23. The average molecular weight is 243 g/mol. The zero-order valence-corrected chi connectivity index (χ0v) is 10.2. The van der Waals surface area contributed by atoms with E-state index in [1.165, 1.54) is 0 Å². The number of carbonyl (C=O) groups is 1. The standard InChI is InChI=1S/C11H15ClN2O2/c1-3-6-14(7-10(15)16)9-4-5-13-8(2)11(9)12/h4-5H,3,6-7H2,1-2H3,(H,15,16). The summed E-state index contributed by atoms with van der Waals surface area (Å²) in [6.07, 6.45) is 2.51. The van der Waals surface area contributed by atoms with Crippen molar-refractivity contribution in [1.82, 2.24) is 4.98 Å². The van der Waals surface area contributed by atoms with Gasteiger partial charge in [0.15, 0.2) is 0 Å². The van der Waals surface area contributed by atoms with Crippen molar-refractivity contribution in [3.8, 4) is 0 Å². The van der Waals surface area contributed by atoms with Crippen LogP contribution in [0, 0.1) is 6.92 Å². The van der Waals surface area contributed by atoms with Gasteiger partial charge in [-0.05, 0) is 19.4 Å². The second kappa shape index (κ2) is 5.70. The van der Waals surface area contributed by atoms with Gasteiger partial charge in [0.25, 0.3) is 0 Å². The number of aromatic nitrogens is 1. The van der Waals surface area contributed by atoms with Gasteiger partial charge in [-0.1, -0.05) is 18.5 Å². The molecule has 1 rings (SSSR count). The van der Waals surface area contributed by atoms with Crippen molar-refractivity contribution in [2.75, 3.05) is 18.0 Å². The molecule has 1 N–H and O–H groups in total. The summed E-state index contributed by atoms with van der Waals surface area (Å²) in [5.41, 5.74) is 1.45. The molecule has 0 radical (unpaired) electrons. The van der Waals surface area contributed by atoms with Crippen molar-refractivity contribution >= 4 is 23.3 Å². The number of aliphatic carboxylic acids is 1. The van der Waals surface area contributed by atoms with Crippen LogP contribution < -0.4 is 4.90 Å². The molecule has 0 spiro atoms. The first-order valence-electron chi connectivity index (χ1n) is 5.14. The van der Waals surface area contributed by atoms with Crippen molar-refractivity contribution in [3.63, 3.8) is 0 Å². The van der Waals surface area contributed by atoms with Gasteiger partial charge in [-0.2, -0.15) is 0 Å². The number of hydrogen-bond acceptors (Lipinski definition) is 3. The van der Waals surface area contributed by atoms with Crippen LogP contribution in [0.15, 0.2) is 12.3 Å². The molecule has 0 unspecified atom stereocenters. The summed E-state index contributed by atoms with van der Waals surface area (Å²) in [4.78, 5) is 16.6. The molecule has 0 aliphatic carbocycles. The number of hydrogen-bond donors (Lipinski definition) is 1. The van der Waals surface area contributed by atoms with Crippen molar-refractivity contribution in [3.05, 3.63) is 23.0 Å². The second-order valence-electron chi connectivity index (χ2n) is 3.54. The topological polar surface area (TPSA) is 53.4 Å². The molecule has 0 aliphatic heterocycles. The van der Waals surface area contributed by atoms with Crippen molar-refractivity contribution < 1.29 is 9.90 Å². The summed E-state index contributed by atoms with van der Waals surface area (Å²) >= 11 is 6.11. The maximum absolute atomic E-state index is 10.8. The monoisotopic (exact) mass is 242 g/mol. The van der Waals surface area contributed by atoms with Crippen molar-refractivity contribution in [2.24, 2.45) is 0 Å². The number of halogens is 1. The number of rotatable bonds is 5. The number of carboxylic acids is 1. The van der Waals surface area contributed by atoms with Crippen LogP contribution in [-0.2, 0) is 4.79 Å². The van der Waals surface area contributed by atoms with E-state index in [1.54, 1.807) is 24.1 Å². The maximum Gasteiger partial charge on any atom is 0.323 e. The van der Waals surface area contributed by atoms with Crippen LogP contribution in [0.2, 0.25) is 5.02 Å². The van der Waals surface area contributed by atoms with E-state index in [4.69, 9.17) is 16.7 Å². The van der Waals surface area contributed by atoms with E-state index in [0.29, 0.717) is 17.3 Å². The zero-order valence-electron chi connectivity index (χ0n) is 9.40. The molecule has 0 aromatic carbocycles. The molecule has 1 aromatic rings. The van der Waals surface area contributed by atoms with Crippen molar-refractivity contribution in [2.45, 2.75) is 20.3 Å². The predicted octanol–water partition coefficient (Wildman–Crippen LogP) is 2.34. The van der Waals surface area contributed by atoms with Crippen LogP contribution in [0.1, 0.15) is 19.0 Å². The van der Waals surface area contributed by atoms with Crippen LogP contribution in [0.5, 0.6) is 0 Å². The molecule has 0 bridgehead atoms. The first-order valence-corrected chi connectivity index (χ1v) is 5.52. The normalized spacial score (nSPS) is 10.2. The fraction of sp³-hybridized carbons (Fsp3) is 0.455. The van der Waals surface area contributed by atoms with Gasteiger partial charge < -0.3 is 10.0 Å². The maximum atomic E-state index is 10.8. The molecule has 16 heavy (non-hydrogen) atoms. The Hall–Kier alpha value is -1.29. The number of aryl methyl sites for hydroxylation is 1. The van der Waals surface area contributed by atoms with Crippen LogP contribution in [-0.4, -0.2) is 29.1 Å². The zero-order chi connectivity index (χ0) is 12.1. The van der Waals surface area contributed by atoms with Gasteiger partial charge in [-0.25, -0.2) is 0 Å². The van der Waals surface area contributed by atoms with Gasteiger partial charge >= 0.3 is 5.97 Å². The third-order valence-electron chi connectivity index (χ3n) is 2.20. The average Bonchev–Trinajstić information content (AvgIpc) is 2.21.